The van der Waals surface area contributed by atoms with Gasteiger partial charge in [-0.1, -0.05) is 43.8 Å². The van der Waals surface area contributed by atoms with E-state index in [0.717, 1.165) is 11.5 Å². The van der Waals surface area contributed by atoms with Crippen LogP contribution in [-0.4, -0.2) is 33.5 Å². The first-order valence-corrected chi connectivity index (χ1v) is 11.3. The van der Waals surface area contributed by atoms with Gasteiger partial charge in [0, 0.05) is 12.2 Å². The Hall–Kier alpha value is -3.26. The van der Waals surface area contributed by atoms with Crippen molar-refractivity contribution in [3.8, 4) is 11.5 Å². The maximum Gasteiger partial charge on any atom is 0.234 e. The predicted octanol–water partition coefficient (Wildman–Crippen LogP) is 4.91. The molecule has 0 aliphatic heterocycles. The largest absolute Gasteiger partial charge is 0.497 e. The van der Waals surface area contributed by atoms with Crippen LogP contribution in [0.25, 0.3) is 0 Å². The summed E-state index contributed by atoms with van der Waals surface area (Å²) in [5.74, 6) is 2.74. The number of aromatic nitrogens is 3. The van der Waals surface area contributed by atoms with Crippen LogP contribution in [0.1, 0.15) is 31.2 Å². The van der Waals surface area contributed by atoms with Gasteiger partial charge in [0.1, 0.15) is 18.1 Å². The van der Waals surface area contributed by atoms with Gasteiger partial charge in [-0.05, 0) is 47.9 Å². The Morgan fingerprint density at radius 3 is 2.44 bits per heavy atom. The first kappa shape index (κ1) is 23.4. The second kappa shape index (κ2) is 11.4. The molecule has 7 nitrogen and oxygen atoms in total. The number of rotatable bonds is 11. The number of ether oxygens (including phenoxy) is 2. The maximum atomic E-state index is 12.3. The molecule has 0 aliphatic rings. The number of thioether (sulfide) groups is 1. The van der Waals surface area contributed by atoms with Gasteiger partial charge in [0.2, 0.25) is 5.91 Å². The van der Waals surface area contributed by atoms with Crippen LogP contribution in [0.4, 0.5) is 5.69 Å². The smallest absolute Gasteiger partial charge is 0.234 e. The van der Waals surface area contributed by atoms with Crippen molar-refractivity contribution in [2.45, 2.75) is 38.1 Å². The van der Waals surface area contributed by atoms with E-state index in [2.05, 4.69) is 48.1 Å². The number of hydrogen-bond acceptors (Lipinski definition) is 6. The number of allylic oxidation sites excluding steroid dienone is 1. The van der Waals surface area contributed by atoms with Crippen molar-refractivity contribution < 1.29 is 14.3 Å². The van der Waals surface area contributed by atoms with Crippen LogP contribution in [0.15, 0.2) is 66.3 Å². The fourth-order valence-corrected chi connectivity index (χ4v) is 3.71. The second-order valence-corrected chi connectivity index (χ2v) is 8.32. The molecule has 0 saturated carbocycles. The molecule has 1 aromatic heterocycles. The van der Waals surface area contributed by atoms with Crippen molar-refractivity contribution in [2.24, 2.45) is 0 Å². The highest BCUT2D eigenvalue weighted by atomic mass is 32.2. The minimum atomic E-state index is -0.128. The van der Waals surface area contributed by atoms with E-state index < -0.39 is 0 Å². The van der Waals surface area contributed by atoms with Gasteiger partial charge < -0.3 is 14.8 Å². The number of benzene rings is 2. The van der Waals surface area contributed by atoms with Crippen molar-refractivity contribution in [3.05, 3.63) is 72.6 Å². The average Bonchev–Trinajstić information content (AvgIpc) is 3.19. The predicted molar refractivity (Wildman–Crippen MR) is 127 cm³/mol. The lowest BCUT2D eigenvalue weighted by Crippen LogP contribution is -2.15. The van der Waals surface area contributed by atoms with Crippen LogP contribution in [0, 0.1) is 0 Å². The van der Waals surface area contributed by atoms with Gasteiger partial charge in [-0.15, -0.1) is 16.8 Å². The number of nitrogens with zero attached hydrogens (tertiary/aromatic N) is 3. The van der Waals surface area contributed by atoms with Crippen molar-refractivity contribution in [3.63, 3.8) is 0 Å². The molecule has 2 aromatic carbocycles. The normalized spacial score (nSPS) is 10.8. The molecule has 1 heterocycles. The standard InChI is InChI=1S/C24H28N4O3S/c1-5-14-28-22(15-31-21-10-6-18(7-11-21)17(2)3)26-27-24(28)32-16-23(29)25-19-8-12-20(30-4)13-9-19/h5-13,17H,1,14-16H2,2-4H3,(H,25,29). The van der Waals surface area contributed by atoms with Crippen LogP contribution in [-0.2, 0) is 17.9 Å². The molecule has 1 N–H and O–H groups in total. The SMILES string of the molecule is C=CCn1c(COc2ccc(C(C)C)cc2)nnc1SCC(=O)Nc1ccc(OC)cc1. The Bertz CT molecular complexity index is 1030. The number of carbonyl (C=O) groups is 1. The minimum Gasteiger partial charge on any atom is -0.497 e. The summed E-state index contributed by atoms with van der Waals surface area (Å²) < 4.78 is 12.9. The zero-order valence-corrected chi connectivity index (χ0v) is 19.4. The molecule has 8 heteroatoms. The van der Waals surface area contributed by atoms with Crippen LogP contribution >= 0.6 is 11.8 Å². The van der Waals surface area contributed by atoms with Gasteiger partial charge in [0.25, 0.3) is 0 Å². The third-order valence-electron chi connectivity index (χ3n) is 4.73. The number of anilines is 1. The van der Waals surface area contributed by atoms with Gasteiger partial charge in [0.05, 0.1) is 12.9 Å². The van der Waals surface area contributed by atoms with Gasteiger partial charge in [-0.3, -0.25) is 9.36 Å². The first-order valence-electron chi connectivity index (χ1n) is 10.3. The van der Waals surface area contributed by atoms with Crippen molar-refractivity contribution >= 4 is 23.4 Å². The van der Waals surface area contributed by atoms with E-state index in [-0.39, 0.29) is 18.3 Å². The molecule has 0 spiro atoms. The Balaban J connectivity index is 1.58. The molecule has 0 fully saturated rings. The maximum absolute atomic E-state index is 12.3. The van der Waals surface area contributed by atoms with E-state index in [1.54, 1.807) is 37.5 Å². The van der Waals surface area contributed by atoms with E-state index in [1.807, 2.05) is 16.7 Å². The lowest BCUT2D eigenvalue weighted by molar-refractivity contribution is -0.113. The molecule has 0 bridgehead atoms. The Morgan fingerprint density at radius 2 is 1.81 bits per heavy atom. The zero-order valence-electron chi connectivity index (χ0n) is 18.6. The molecule has 0 aliphatic carbocycles. The number of hydrogen-bond donors (Lipinski definition) is 1. The van der Waals surface area contributed by atoms with Gasteiger partial charge in [-0.25, -0.2) is 0 Å². The fraction of sp³-hybridized carbons (Fsp3) is 0.292. The Labute approximate surface area is 192 Å². The summed E-state index contributed by atoms with van der Waals surface area (Å²) in [6, 6.07) is 15.2. The van der Waals surface area contributed by atoms with Crippen molar-refractivity contribution in [2.75, 3.05) is 18.2 Å². The molecule has 168 valence electrons. The number of methoxy groups -OCH3 is 1. The monoisotopic (exact) mass is 452 g/mol. The molecular weight excluding hydrogens is 424 g/mol. The van der Waals surface area contributed by atoms with Crippen LogP contribution in [0.3, 0.4) is 0 Å². The van der Waals surface area contributed by atoms with E-state index in [0.29, 0.717) is 29.1 Å². The summed E-state index contributed by atoms with van der Waals surface area (Å²) in [4.78, 5) is 12.3. The third kappa shape index (κ3) is 6.37. The van der Waals surface area contributed by atoms with Crippen molar-refractivity contribution in [1.82, 2.24) is 14.8 Å². The van der Waals surface area contributed by atoms with Gasteiger partial charge in [-0.2, -0.15) is 0 Å². The number of amides is 1. The average molecular weight is 453 g/mol. The van der Waals surface area contributed by atoms with E-state index in [9.17, 15) is 4.79 Å². The molecule has 3 aromatic rings. The summed E-state index contributed by atoms with van der Waals surface area (Å²) in [6.07, 6.45) is 1.77. The summed E-state index contributed by atoms with van der Waals surface area (Å²) in [5.41, 5.74) is 1.97. The molecule has 3 rings (SSSR count). The van der Waals surface area contributed by atoms with Crippen LogP contribution in [0.2, 0.25) is 0 Å². The topological polar surface area (TPSA) is 78.3 Å². The molecule has 0 atom stereocenters. The quantitative estimate of drug-likeness (QED) is 0.329. The summed E-state index contributed by atoms with van der Waals surface area (Å²) >= 11 is 1.32. The third-order valence-corrected chi connectivity index (χ3v) is 5.69. The molecule has 0 saturated heterocycles. The van der Waals surface area contributed by atoms with E-state index in [1.165, 1.54) is 17.3 Å². The Kier molecular flexibility index (Phi) is 8.33. The second-order valence-electron chi connectivity index (χ2n) is 7.38. The summed E-state index contributed by atoms with van der Waals surface area (Å²) in [7, 11) is 1.60. The van der Waals surface area contributed by atoms with Crippen LogP contribution in [0.5, 0.6) is 11.5 Å². The highest BCUT2D eigenvalue weighted by Crippen LogP contribution is 2.22. The van der Waals surface area contributed by atoms with Gasteiger partial charge >= 0.3 is 0 Å². The zero-order chi connectivity index (χ0) is 22.9. The Morgan fingerprint density at radius 1 is 1.12 bits per heavy atom. The first-order chi connectivity index (χ1) is 15.5. The van der Waals surface area contributed by atoms with E-state index in [4.69, 9.17) is 9.47 Å². The van der Waals surface area contributed by atoms with Crippen LogP contribution < -0.4 is 14.8 Å². The highest BCUT2D eigenvalue weighted by Gasteiger charge is 2.14. The molecule has 0 radical (unpaired) electrons. The molecule has 0 unspecified atom stereocenters. The molecule has 32 heavy (non-hydrogen) atoms. The highest BCUT2D eigenvalue weighted by molar-refractivity contribution is 7.99. The lowest BCUT2D eigenvalue weighted by atomic mass is 10.0. The molecule has 1 amide bonds. The lowest BCUT2D eigenvalue weighted by Gasteiger charge is -2.10. The number of carbonyl (C=O) groups excluding carboxylic acids is 1. The van der Waals surface area contributed by atoms with Gasteiger partial charge in [0.15, 0.2) is 11.0 Å². The summed E-state index contributed by atoms with van der Waals surface area (Å²) in [6.45, 7) is 8.93. The number of nitrogens with one attached hydrogen (secondary N) is 1. The van der Waals surface area contributed by atoms with E-state index >= 15 is 0 Å². The summed E-state index contributed by atoms with van der Waals surface area (Å²) in [5, 5.41) is 12.0. The van der Waals surface area contributed by atoms with Crippen molar-refractivity contribution in [1.29, 1.82) is 0 Å². The minimum absolute atomic E-state index is 0.128. The molecular formula is C24H28N4O3S. The fourth-order valence-electron chi connectivity index (χ4n) is 2.94.